The van der Waals surface area contributed by atoms with Gasteiger partial charge < -0.3 is 14.8 Å². The van der Waals surface area contributed by atoms with Gasteiger partial charge in [0.25, 0.3) is 11.8 Å². The number of carbonyl (C=O) groups is 4. The van der Waals surface area contributed by atoms with Gasteiger partial charge in [0.05, 0.1) is 17.2 Å². The maximum Gasteiger partial charge on any atom is 0.356 e. The minimum atomic E-state index is -0.912. The molecule has 8 heteroatoms. The lowest BCUT2D eigenvalue weighted by Crippen LogP contribution is -2.35. The van der Waals surface area contributed by atoms with Crippen LogP contribution in [0.25, 0.3) is 12.2 Å². The molecular weight excluding hydrogens is 484 g/mol. The first-order chi connectivity index (χ1) is 18.3. The third kappa shape index (κ3) is 6.41. The molecule has 0 saturated heterocycles. The van der Waals surface area contributed by atoms with Crippen LogP contribution in [0, 0.1) is 0 Å². The number of rotatable bonds is 9. The molecule has 0 fully saturated rings. The first-order valence-electron chi connectivity index (χ1n) is 12.0. The second-order valence-corrected chi connectivity index (χ2v) is 8.67. The van der Waals surface area contributed by atoms with Crippen molar-refractivity contribution >= 4 is 35.8 Å². The highest BCUT2D eigenvalue weighted by Gasteiger charge is 2.36. The highest BCUT2D eigenvalue weighted by molar-refractivity contribution is 6.21. The third-order valence-corrected chi connectivity index (χ3v) is 5.47. The van der Waals surface area contributed by atoms with E-state index in [0.29, 0.717) is 11.3 Å². The SMILES string of the molecule is CC(C)Oc1ccc(/C=C(\NC(=O)/C=C/c2ccccc2)C(=O)OCN2C(=O)c3ccccc3C2=O)cc1. The van der Waals surface area contributed by atoms with Crippen LogP contribution >= 0.6 is 0 Å². The maximum atomic E-state index is 13.0. The average Bonchev–Trinajstić information content (AvgIpc) is 3.16. The molecule has 3 aromatic rings. The van der Waals surface area contributed by atoms with Crippen molar-refractivity contribution < 1.29 is 28.7 Å². The molecule has 0 atom stereocenters. The van der Waals surface area contributed by atoms with Crippen molar-refractivity contribution in [1.82, 2.24) is 10.2 Å². The van der Waals surface area contributed by atoms with Gasteiger partial charge in [-0.15, -0.1) is 0 Å². The molecule has 192 valence electrons. The number of carbonyl (C=O) groups excluding carboxylic acids is 4. The number of fused-ring (bicyclic) bond motifs is 1. The van der Waals surface area contributed by atoms with E-state index in [2.05, 4.69) is 5.32 Å². The Morgan fingerprint density at radius 2 is 1.45 bits per heavy atom. The lowest BCUT2D eigenvalue weighted by molar-refractivity contribution is -0.142. The second kappa shape index (κ2) is 11.8. The summed E-state index contributed by atoms with van der Waals surface area (Å²) in [5.74, 6) is -1.93. The van der Waals surface area contributed by atoms with E-state index in [1.54, 1.807) is 42.5 Å². The zero-order valence-corrected chi connectivity index (χ0v) is 20.9. The fourth-order valence-electron chi connectivity index (χ4n) is 3.70. The Balaban J connectivity index is 1.51. The number of esters is 1. The molecular formula is C30H26N2O6. The van der Waals surface area contributed by atoms with Crippen LogP contribution in [-0.2, 0) is 14.3 Å². The molecule has 3 amide bonds. The Kier molecular flexibility index (Phi) is 8.13. The normalized spacial score (nSPS) is 13.1. The Labute approximate surface area is 220 Å². The van der Waals surface area contributed by atoms with E-state index < -0.39 is 30.4 Å². The van der Waals surface area contributed by atoms with E-state index in [1.165, 1.54) is 24.3 Å². The largest absolute Gasteiger partial charge is 0.491 e. The molecule has 8 nitrogen and oxygen atoms in total. The summed E-state index contributed by atoms with van der Waals surface area (Å²) in [5.41, 5.74) is 1.73. The van der Waals surface area contributed by atoms with Crippen LogP contribution in [0.3, 0.4) is 0 Å². The van der Waals surface area contributed by atoms with Gasteiger partial charge in [0.1, 0.15) is 11.4 Å². The van der Waals surface area contributed by atoms with E-state index in [4.69, 9.17) is 9.47 Å². The van der Waals surface area contributed by atoms with Crippen molar-refractivity contribution in [3.8, 4) is 5.75 Å². The molecule has 1 N–H and O–H groups in total. The molecule has 1 heterocycles. The van der Waals surface area contributed by atoms with Crippen molar-refractivity contribution in [3.63, 3.8) is 0 Å². The molecule has 1 aliphatic rings. The molecule has 3 aromatic carbocycles. The fraction of sp³-hybridized carbons (Fsp3) is 0.133. The average molecular weight is 511 g/mol. The van der Waals surface area contributed by atoms with Gasteiger partial charge in [0.2, 0.25) is 5.91 Å². The van der Waals surface area contributed by atoms with Gasteiger partial charge in [-0.3, -0.25) is 14.4 Å². The number of ether oxygens (including phenoxy) is 2. The molecule has 0 aromatic heterocycles. The minimum absolute atomic E-state index is 0.000216. The van der Waals surface area contributed by atoms with E-state index in [1.807, 2.05) is 44.2 Å². The second-order valence-electron chi connectivity index (χ2n) is 8.67. The molecule has 0 radical (unpaired) electrons. The highest BCUT2D eigenvalue weighted by Crippen LogP contribution is 2.22. The minimum Gasteiger partial charge on any atom is -0.491 e. The Bertz CT molecular complexity index is 1370. The number of nitrogens with zero attached hydrogens (tertiary/aromatic N) is 1. The van der Waals surface area contributed by atoms with Crippen molar-refractivity contribution in [2.75, 3.05) is 6.73 Å². The zero-order valence-electron chi connectivity index (χ0n) is 20.9. The maximum absolute atomic E-state index is 13.0. The lowest BCUT2D eigenvalue weighted by atomic mass is 10.1. The van der Waals surface area contributed by atoms with Crippen LogP contribution in [0.4, 0.5) is 0 Å². The summed E-state index contributed by atoms with van der Waals surface area (Å²) < 4.78 is 10.9. The molecule has 0 bridgehead atoms. The van der Waals surface area contributed by atoms with Crippen molar-refractivity contribution in [2.24, 2.45) is 0 Å². The smallest absolute Gasteiger partial charge is 0.356 e. The first kappa shape index (κ1) is 26.1. The lowest BCUT2D eigenvalue weighted by Gasteiger charge is -2.15. The standard InChI is InChI=1S/C30H26N2O6/c1-20(2)38-23-15-12-22(13-16-23)18-26(31-27(33)17-14-21-8-4-3-5-9-21)30(36)37-19-32-28(34)24-10-6-7-11-25(24)29(32)35/h3-18,20H,19H2,1-2H3,(H,31,33)/b17-14+,26-18-. The van der Waals surface area contributed by atoms with Crippen LogP contribution in [0.2, 0.25) is 0 Å². The first-order valence-corrected chi connectivity index (χ1v) is 12.0. The molecule has 1 aliphatic heterocycles. The number of imide groups is 1. The summed E-state index contributed by atoms with van der Waals surface area (Å²) in [5, 5.41) is 2.54. The highest BCUT2D eigenvalue weighted by atomic mass is 16.5. The third-order valence-electron chi connectivity index (χ3n) is 5.47. The summed E-state index contributed by atoms with van der Waals surface area (Å²) in [7, 11) is 0. The summed E-state index contributed by atoms with van der Waals surface area (Å²) in [6.45, 7) is 3.23. The van der Waals surface area contributed by atoms with Crippen LogP contribution in [0.1, 0.15) is 45.7 Å². The van der Waals surface area contributed by atoms with E-state index in [9.17, 15) is 19.2 Å². The molecule has 0 unspecified atom stereocenters. The van der Waals surface area contributed by atoms with Gasteiger partial charge in [0.15, 0.2) is 6.73 Å². The molecule has 38 heavy (non-hydrogen) atoms. The quantitative estimate of drug-likeness (QED) is 0.259. The zero-order chi connectivity index (χ0) is 27.1. The van der Waals surface area contributed by atoms with Gasteiger partial charge in [-0.1, -0.05) is 54.6 Å². The van der Waals surface area contributed by atoms with Gasteiger partial charge in [0, 0.05) is 6.08 Å². The van der Waals surface area contributed by atoms with Crippen LogP contribution < -0.4 is 10.1 Å². The van der Waals surface area contributed by atoms with Crippen LogP contribution in [0.5, 0.6) is 5.75 Å². The summed E-state index contributed by atoms with van der Waals surface area (Å²) in [6, 6.07) is 22.5. The van der Waals surface area contributed by atoms with Crippen molar-refractivity contribution in [2.45, 2.75) is 20.0 Å². The molecule has 0 saturated carbocycles. The molecule has 4 rings (SSSR count). The van der Waals surface area contributed by atoms with Gasteiger partial charge >= 0.3 is 5.97 Å². The number of hydrogen-bond acceptors (Lipinski definition) is 6. The van der Waals surface area contributed by atoms with E-state index >= 15 is 0 Å². The van der Waals surface area contributed by atoms with Gasteiger partial charge in [-0.2, -0.15) is 0 Å². The van der Waals surface area contributed by atoms with Crippen molar-refractivity contribution in [1.29, 1.82) is 0 Å². The number of amides is 3. The van der Waals surface area contributed by atoms with Gasteiger partial charge in [-0.25, -0.2) is 9.69 Å². The van der Waals surface area contributed by atoms with Crippen LogP contribution in [-0.4, -0.2) is 41.4 Å². The predicted molar refractivity (Wildman–Crippen MR) is 142 cm³/mol. The van der Waals surface area contributed by atoms with Crippen molar-refractivity contribution in [3.05, 3.63) is 113 Å². The van der Waals surface area contributed by atoms with E-state index in [-0.39, 0.29) is 22.9 Å². The summed E-state index contributed by atoms with van der Waals surface area (Å²) in [4.78, 5) is 51.7. The molecule has 0 spiro atoms. The monoisotopic (exact) mass is 510 g/mol. The topological polar surface area (TPSA) is 102 Å². The number of hydrogen-bond donors (Lipinski definition) is 1. The molecule has 0 aliphatic carbocycles. The Hall–Kier alpha value is -4.98. The Morgan fingerprint density at radius 1 is 0.842 bits per heavy atom. The number of nitrogens with one attached hydrogen (secondary N) is 1. The predicted octanol–water partition coefficient (Wildman–Crippen LogP) is 4.44. The number of benzene rings is 3. The van der Waals surface area contributed by atoms with Crippen LogP contribution in [0.15, 0.2) is 90.6 Å². The van der Waals surface area contributed by atoms with E-state index in [0.717, 1.165) is 10.5 Å². The van der Waals surface area contributed by atoms with Gasteiger partial charge in [-0.05, 0) is 61.4 Å². The fourth-order valence-corrected chi connectivity index (χ4v) is 3.70. The Morgan fingerprint density at radius 3 is 2.05 bits per heavy atom. The summed E-state index contributed by atoms with van der Waals surface area (Å²) >= 11 is 0. The summed E-state index contributed by atoms with van der Waals surface area (Å²) in [6.07, 6.45) is 4.34.